The predicted octanol–water partition coefficient (Wildman–Crippen LogP) is 2.80. The Kier molecular flexibility index (Phi) is 5.39. The van der Waals surface area contributed by atoms with E-state index in [0.717, 1.165) is 37.8 Å². The van der Waals surface area contributed by atoms with Crippen molar-refractivity contribution in [3.05, 3.63) is 29.0 Å². The number of benzene rings is 1. The van der Waals surface area contributed by atoms with E-state index >= 15 is 0 Å². The maximum absolute atomic E-state index is 13.4. The first-order chi connectivity index (χ1) is 9.88. The summed E-state index contributed by atoms with van der Waals surface area (Å²) in [6.45, 7) is 0. The Labute approximate surface area is 141 Å². The molecule has 2 aliphatic rings. The highest BCUT2D eigenvalue weighted by Gasteiger charge is 2.39. The Balaban J connectivity index is 0.00000176. The van der Waals surface area contributed by atoms with Gasteiger partial charge in [-0.3, -0.25) is 0 Å². The average Bonchev–Trinajstić information content (AvgIpc) is 2.79. The van der Waals surface area contributed by atoms with Gasteiger partial charge in [-0.2, -0.15) is 4.31 Å². The number of hydrogen-bond acceptors (Lipinski definition) is 3. The minimum atomic E-state index is -3.78. The molecule has 0 aromatic heterocycles. The maximum atomic E-state index is 13.4. The molecule has 2 bridgehead atoms. The summed E-state index contributed by atoms with van der Waals surface area (Å²) in [5, 5.41) is 3.54. The highest BCUT2D eigenvalue weighted by atomic mass is 35.5. The van der Waals surface area contributed by atoms with Crippen LogP contribution in [0.3, 0.4) is 0 Å². The molecule has 1 aromatic carbocycles. The first-order valence-corrected chi connectivity index (χ1v) is 8.89. The fourth-order valence-electron chi connectivity index (χ4n) is 3.35. The van der Waals surface area contributed by atoms with Gasteiger partial charge < -0.3 is 5.32 Å². The van der Waals surface area contributed by atoms with Crippen LogP contribution in [-0.4, -0.2) is 37.9 Å². The van der Waals surface area contributed by atoms with Crippen LogP contribution in [0.1, 0.15) is 25.7 Å². The third kappa shape index (κ3) is 3.26. The number of fused-ring (bicyclic) bond motifs is 2. The molecule has 3 rings (SSSR count). The quantitative estimate of drug-likeness (QED) is 0.892. The summed E-state index contributed by atoms with van der Waals surface area (Å²) in [5.41, 5.74) is 0. The van der Waals surface area contributed by atoms with Crippen LogP contribution in [0.25, 0.3) is 0 Å². The number of nitrogens with one attached hydrogen (secondary N) is 1. The second-order valence-corrected chi connectivity index (χ2v) is 8.23. The van der Waals surface area contributed by atoms with Crippen molar-refractivity contribution in [1.29, 1.82) is 0 Å². The van der Waals surface area contributed by atoms with Crippen LogP contribution in [0.2, 0.25) is 5.02 Å². The molecule has 0 radical (unpaired) electrons. The molecule has 2 aliphatic heterocycles. The molecule has 0 amide bonds. The van der Waals surface area contributed by atoms with E-state index in [9.17, 15) is 12.8 Å². The standard InChI is InChI=1S/C14H18ClFN2O2S.ClH/c1-18(12-7-10-3-4-11(8-12)17-10)21(19,20)14-6-9(16)2-5-13(14)15;/h2,5-6,10-12,17H,3-4,7-8H2,1H3;1H. The first kappa shape index (κ1) is 17.9. The van der Waals surface area contributed by atoms with Gasteiger partial charge in [0.05, 0.1) is 5.02 Å². The zero-order valence-corrected chi connectivity index (χ0v) is 14.5. The van der Waals surface area contributed by atoms with E-state index in [1.165, 1.54) is 10.4 Å². The Morgan fingerprint density at radius 1 is 1.27 bits per heavy atom. The van der Waals surface area contributed by atoms with Crippen molar-refractivity contribution in [2.45, 2.75) is 48.7 Å². The monoisotopic (exact) mass is 368 g/mol. The summed E-state index contributed by atoms with van der Waals surface area (Å²) >= 11 is 5.95. The topological polar surface area (TPSA) is 49.4 Å². The van der Waals surface area contributed by atoms with Gasteiger partial charge in [0.25, 0.3) is 0 Å². The molecule has 2 unspecified atom stereocenters. The number of halogens is 3. The van der Waals surface area contributed by atoms with Crippen LogP contribution < -0.4 is 5.32 Å². The lowest BCUT2D eigenvalue weighted by atomic mass is 10.0. The van der Waals surface area contributed by atoms with E-state index in [2.05, 4.69) is 5.32 Å². The van der Waals surface area contributed by atoms with Crippen molar-refractivity contribution in [1.82, 2.24) is 9.62 Å². The number of hydrogen-bond donors (Lipinski definition) is 1. The Bertz CT molecular complexity index is 644. The van der Waals surface area contributed by atoms with Gasteiger partial charge in [-0.1, -0.05) is 11.6 Å². The van der Waals surface area contributed by atoms with E-state index in [1.54, 1.807) is 7.05 Å². The van der Waals surface area contributed by atoms with Crippen LogP contribution in [0, 0.1) is 5.82 Å². The van der Waals surface area contributed by atoms with Gasteiger partial charge in [0, 0.05) is 25.2 Å². The molecule has 22 heavy (non-hydrogen) atoms. The van der Waals surface area contributed by atoms with Gasteiger partial charge in [0.1, 0.15) is 10.7 Å². The molecular formula is C14H19Cl2FN2O2S. The largest absolute Gasteiger partial charge is 0.311 e. The Morgan fingerprint density at radius 3 is 2.45 bits per heavy atom. The number of piperidine rings is 1. The summed E-state index contributed by atoms with van der Waals surface area (Å²) < 4.78 is 40.1. The van der Waals surface area contributed by atoms with Gasteiger partial charge in [-0.15, -0.1) is 12.4 Å². The average molecular weight is 369 g/mol. The zero-order valence-electron chi connectivity index (χ0n) is 12.1. The predicted molar refractivity (Wildman–Crippen MR) is 86.6 cm³/mol. The lowest BCUT2D eigenvalue weighted by Crippen LogP contribution is -2.48. The summed E-state index contributed by atoms with van der Waals surface area (Å²) in [4.78, 5) is -0.155. The molecule has 2 saturated heterocycles. The normalized spacial score (nSPS) is 27.7. The van der Waals surface area contributed by atoms with E-state index in [0.29, 0.717) is 12.1 Å². The SMILES string of the molecule is CN(C1CC2CCC(C1)N2)S(=O)(=O)c1cc(F)ccc1Cl.Cl. The van der Waals surface area contributed by atoms with Gasteiger partial charge in [0.2, 0.25) is 10.0 Å². The third-order valence-electron chi connectivity index (χ3n) is 4.51. The van der Waals surface area contributed by atoms with E-state index in [4.69, 9.17) is 11.6 Å². The molecule has 1 N–H and O–H groups in total. The number of rotatable bonds is 3. The molecule has 124 valence electrons. The van der Waals surface area contributed by atoms with Crippen molar-refractivity contribution in [2.75, 3.05) is 7.05 Å². The summed E-state index contributed by atoms with van der Waals surface area (Å²) in [5.74, 6) is -0.600. The molecule has 2 heterocycles. The molecule has 1 aromatic rings. The van der Waals surface area contributed by atoms with E-state index < -0.39 is 15.8 Å². The zero-order chi connectivity index (χ0) is 15.2. The van der Waals surface area contributed by atoms with E-state index in [-0.39, 0.29) is 28.4 Å². The smallest absolute Gasteiger partial charge is 0.244 e. The second kappa shape index (κ2) is 6.61. The minimum Gasteiger partial charge on any atom is -0.311 e. The van der Waals surface area contributed by atoms with Crippen LogP contribution in [0.4, 0.5) is 4.39 Å². The van der Waals surface area contributed by atoms with Crippen LogP contribution in [0.5, 0.6) is 0 Å². The fourth-order valence-corrected chi connectivity index (χ4v) is 5.21. The molecule has 2 fully saturated rings. The molecule has 4 nitrogen and oxygen atoms in total. The van der Waals surface area contributed by atoms with E-state index in [1.807, 2.05) is 0 Å². The third-order valence-corrected chi connectivity index (χ3v) is 6.90. The van der Waals surface area contributed by atoms with Gasteiger partial charge in [-0.25, -0.2) is 12.8 Å². The summed E-state index contributed by atoms with van der Waals surface area (Å²) in [6, 6.07) is 4.14. The van der Waals surface area contributed by atoms with Crippen LogP contribution in [0.15, 0.2) is 23.1 Å². The maximum Gasteiger partial charge on any atom is 0.244 e. The summed E-state index contributed by atoms with van der Waals surface area (Å²) in [6.07, 6.45) is 3.77. The van der Waals surface area contributed by atoms with Gasteiger partial charge in [0.15, 0.2) is 0 Å². The van der Waals surface area contributed by atoms with Crippen molar-refractivity contribution in [3.8, 4) is 0 Å². The van der Waals surface area contributed by atoms with Crippen LogP contribution >= 0.6 is 24.0 Å². The molecule has 8 heteroatoms. The number of sulfonamides is 1. The Morgan fingerprint density at radius 2 is 1.86 bits per heavy atom. The number of nitrogens with zero attached hydrogens (tertiary/aromatic N) is 1. The first-order valence-electron chi connectivity index (χ1n) is 7.07. The van der Waals surface area contributed by atoms with Crippen molar-refractivity contribution < 1.29 is 12.8 Å². The summed E-state index contributed by atoms with van der Waals surface area (Å²) in [7, 11) is -2.22. The van der Waals surface area contributed by atoms with Crippen molar-refractivity contribution in [2.24, 2.45) is 0 Å². The van der Waals surface area contributed by atoms with Gasteiger partial charge in [-0.05, 0) is 43.9 Å². The lowest BCUT2D eigenvalue weighted by molar-refractivity contribution is 0.251. The molecule has 2 atom stereocenters. The van der Waals surface area contributed by atoms with Crippen molar-refractivity contribution >= 4 is 34.0 Å². The lowest BCUT2D eigenvalue weighted by Gasteiger charge is -2.35. The minimum absolute atomic E-state index is 0. The molecule has 0 aliphatic carbocycles. The highest BCUT2D eigenvalue weighted by molar-refractivity contribution is 7.89. The van der Waals surface area contributed by atoms with Gasteiger partial charge >= 0.3 is 0 Å². The molecule has 0 spiro atoms. The second-order valence-electron chi connectivity index (χ2n) is 5.86. The molecular weight excluding hydrogens is 350 g/mol. The Hall–Kier alpha value is -0.400. The van der Waals surface area contributed by atoms with Crippen LogP contribution in [-0.2, 0) is 10.0 Å². The highest BCUT2D eigenvalue weighted by Crippen LogP contribution is 2.33. The fraction of sp³-hybridized carbons (Fsp3) is 0.571. The van der Waals surface area contributed by atoms with Crippen molar-refractivity contribution in [3.63, 3.8) is 0 Å². The molecule has 0 saturated carbocycles.